The van der Waals surface area contributed by atoms with E-state index >= 15 is 0 Å². The summed E-state index contributed by atoms with van der Waals surface area (Å²) >= 11 is 0. The summed E-state index contributed by atoms with van der Waals surface area (Å²) in [5, 5.41) is 9.04. The van der Waals surface area contributed by atoms with Crippen LogP contribution in [0.4, 0.5) is 18.9 Å². The summed E-state index contributed by atoms with van der Waals surface area (Å²) < 4.78 is 60.9. The van der Waals surface area contributed by atoms with Crippen molar-refractivity contribution in [2.45, 2.75) is 38.1 Å². The number of nitrogens with zero attached hydrogens (tertiary/aromatic N) is 2. The van der Waals surface area contributed by atoms with E-state index in [4.69, 9.17) is 19.3 Å². The van der Waals surface area contributed by atoms with Crippen LogP contribution in [0.25, 0.3) is 22.3 Å². The molecule has 1 saturated heterocycles. The number of aliphatic hydroxyl groups is 1. The van der Waals surface area contributed by atoms with Gasteiger partial charge in [0.25, 0.3) is 5.56 Å². The number of pyridine rings is 1. The lowest BCUT2D eigenvalue weighted by molar-refractivity contribution is -0.137. The number of aromatic nitrogens is 1. The minimum absolute atomic E-state index is 0.00103. The first-order valence-electron chi connectivity index (χ1n) is 12.9. The highest BCUT2D eigenvalue weighted by Gasteiger charge is 2.36. The van der Waals surface area contributed by atoms with Gasteiger partial charge in [0.2, 0.25) is 0 Å². The molecule has 2 aliphatic rings. The van der Waals surface area contributed by atoms with E-state index in [1.54, 1.807) is 28.8 Å². The Balaban J connectivity index is 1.66. The van der Waals surface area contributed by atoms with Crippen LogP contribution < -0.4 is 19.9 Å². The summed E-state index contributed by atoms with van der Waals surface area (Å²) in [6, 6.07) is 10.9. The lowest BCUT2D eigenvalue weighted by Gasteiger charge is -2.22. The van der Waals surface area contributed by atoms with Gasteiger partial charge in [-0.25, -0.2) is 0 Å². The summed E-state index contributed by atoms with van der Waals surface area (Å²) in [7, 11) is 3.06. The first kappa shape index (κ1) is 27.1. The van der Waals surface area contributed by atoms with Crippen molar-refractivity contribution in [2.75, 3.05) is 45.4 Å². The molecule has 7 nitrogen and oxygen atoms in total. The highest BCUT2D eigenvalue weighted by atomic mass is 19.4. The molecule has 208 valence electrons. The topological polar surface area (TPSA) is 73.2 Å². The molecular formula is C29H31F3N2O5. The van der Waals surface area contributed by atoms with E-state index in [-0.39, 0.29) is 30.4 Å². The Kier molecular flexibility index (Phi) is 7.59. The van der Waals surface area contributed by atoms with E-state index in [1.807, 2.05) is 4.90 Å². The molecule has 0 saturated carbocycles. The standard InChI is InChI=1S/C29H31F3N2O5/c1-37-21-12-18(13-22(15-21)38-2)23-16-25(28(36)34-8-3-4-27(23)34)24-14-19(5-6-26(24)29(30,31)32)33-9-7-20(17-33)39-11-10-35/h5-6,12-16,20,35H,3-4,7-11,17H2,1-2H3. The number of aliphatic hydroxyl groups excluding tert-OH is 1. The van der Waals surface area contributed by atoms with Gasteiger partial charge in [0, 0.05) is 53.8 Å². The van der Waals surface area contributed by atoms with Crippen LogP contribution in [0.3, 0.4) is 0 Å². The van der Waals surface area contributed by atoms with Crippen LogP contribution in [-0.2, 0) is 23.9 Å². The monoisotopic (exact) mass is 544 g/mol. The number of rotatable bonds is 8. The molecule has 1 unspecified atom stereocenters. The number of hydrogen-bond acceptors (Lipinski definition) is 6. The smallest absolute Gasteiger partial charge is 0.417 e. The molecule has 1 N–H and O–H groups in total. The number of hydrogen-bond donors (Lipinski definition) is 1. The molecule has 1 atom stereocenters. The molecule has 2 aliphatic heterocycles. The maximum atomic E-state index is 14.3. The fourth-order valence-electron chi connectivity index (χ4n) is 5.54. The molecule has 5 rings (SSSR count). The SMILES string of the molecule is COc1cc(OC)cc(-c2cc(-c3cc(N4CCC(OCCO)C4)ccc3C(F)(F)F)c(=O)n3c2CCC3)c1. The van der Waals surface area contributed by atoms with E-state index in [9.17, 15) is 18.0 Å². The zero-order valence-electron chi connectivity index (χ0n) is 21.9. The second-order valence-electron chi connectivity index (χ2n) is 9.76. The van der Waals surface area contributed by atoms with Crippen molar-refractivity contribution in [2.24, 2.45) is 0 Å². The quantitative estimate of drug-likeness (QED) is 0.441. The number of fused-ring (bicyclic) bond motifs is 1. The number of ether oxygens (including phenoxy) is 3. The lowest BCUT2D eigenvalue weighted by Crippen LogP contribution is -2.25. The second kappa shape index (κ2) is 10.9. The third kappa shape index (κ3) is 5.35. The Bertz CT molecular complexity index is 1400. The molecular weight excluding hydrogens is 513 g/mol. The van der Waals surface area contributed by atoms with Gasteiger partial charge in [-0.1, -0.05) is 0 Å². The van der Waals surface area contributed by atoms with Crippen LogP contribution in [0.5, 0.6) is 11.5 Å². The van der Waals surface area contributed by atoms with E-state index in [0.29, 0.717) is 60.8 Å². The molecule has 0 bridgehead atoms. The van der Waals surface area contributed by atoms with E-state index in [0.717, 1.165) is 18.2 Å². The highest BCUT2D eigenvalue weighted by Crippen LogP contribution is 2.41. The minimum Gasteiger partial charge on any atom is -0.497 e. The van der Waals surface area contributed by atoms with Crippen LogP contribution in [0.15, 0.2) is 47.3 Å². The molecule has 0 aliphatic carbocycles. The maximum absolute atomic E-state index is 14.3. The molecule has 39 heavy (non-hydrogen) atoms. The van der Waals surface area contributed by atoms with Gasteiger partial charge in [-0.3, -0.25) is 4.79 Å². The number of anilines is 1. The lowest BCUT2D eigenvalue weighted by atomic mass is 9.94. The third-order valence-corrected chi connectivity index (χ3v) is 7.41. The van der Waals surface area contributed by atoms with Crippen molar-refractivity contribution in [3.63, 3.8) is 0 Å². The van der Waals surface area contributed by atoms with Gasteiger partial charge >= 0.3 is 6.18 Å². The Morgan fingerprint density at radius 2 is 1.72 bits per heavy atom. The van der Waals surface area contributed by atoms with Crippen molar-refractivity contribution >= 4 is 5.69 Å². The normalized spacial score (nSPS) is 17.0. The van der Waals surface area contributed by atoms with Crippen molar-refractivity contribution in [1.82, 2.24) is 4.57 Å². The highest BCUT2D eigenvalue weighted by molar-refractivity contribution is 5.79. The van der Waals surface area contributed by atoms with Gasteiger partial charge in [0.15, 0.2) is 0 Å². The van der Waals surface area contributed by atoms with Gasteiger partial charge in [-0.15, -0.1) is 0 Å². The Morgan fingerprint density at radius 1 is 0.974 bits per heavy atom. The van der Waals surface area contributed by atoms with E-state index in [1.165, 1.54) is 26.4 Å². The van der Waals surface area contributed by atoms with Gasteiger partial charge in [0.05, 0.1) is 39.1 Å². The Labute approximate surface area is 224 Å². The summed E-state index contributed by atoms with van der Waals surface area (Å²) in [6.45, 7) is 1.64. The summed E-state index contributed by atoms with van der Waals surface area (Å²) in [6.07, 6.45) is -2.72. The summed E-state index contributed by atoms with van der Waals surface area (Å²) in [5.74, 6) is 1.08. The molecule has 10 heteroatoms. The molecule has 0 spiro atoms. The van der Waals surface area contributed by atoms with Crippen molar-refractivity contribution in [3.05, 3.63) is 64.1 Å². The molecule has 0 radical (unpaired) electrons. The van der Waals surface area contributed by atoms with Crippen LogP contribution in [0.1, 0.15) is 24.1 Å². The Morgan fingerprint density at radius 3 is 2.38 bits per heavy atom. The van der Waals surface area contributed by atoms with Gasteiger partial charge in [0.1, 0.15) is 11.5 Å². The van der Waals surface area contributed by atoms with E-state index < -0.39 is 17.3 Å². The van der Waals surface area contributed by atoms with Crippen molar-refractivity contribution in [3.8, 4) is 33.8 Å². The second-order valence-corrected chi connectivity index (χ2v) is 9.76. The fourth-order valence-corrected chi connectivity index (χ4v) is 5.54. The molecule has 3 heterocycles. The van der Waals surface area contributed by atoms with Crippen LogP contribution >= 0.6 is 0 Å². The average Bonchev–Trinajstić information content (AvgIpc) is 3.61. The Hall–Kier alpha value is -3.50. The van der Waals surface area contributed by atoms with Gasteiger partial charge < -0.3 is 28.8 Å². The number of benzene rings is 2. The fraction of sp³-hybridized carbons (Fsp3) is 0.414. The third-order valence-electron chi connectivity index (χ3n) is 7.41. The van der Waals surface area contributed by atoms with Crippen LogP contribution in [0.2, 0.25) is 0 Å². The summed E-state index contributed by atoms with van der Waals surface area (Å²) in [5.41, 5.74) is 1.30. The summed E-state index contributed by atoms with van der Waals surface area (Å²) in [4.78, 5) is 15.6. The maximum Gasteiger partial charge on any atom is 0.417 e. The minimum atomic E-state index is -4.65. The van der Waals surface area contributed by atoms with E-state index in [2.05, 4.69) is 0 Å². The predicted molar refractivity (Wildman–Crippen MR) is 142 cm³/mol. The average molecular weight is 545 g/mol. The first-order valence-corrected chi connectivity index (χ1v) is 12.9. The number of halogens is 3. The molecule has 1 aromatic heterocycles. The molecule has 2 aromatic carbocycles. The number of alkyl halides is 3. The molecule has 0 amide bonds. The predicted octanol–water partition coefficient (Wildman–Crippen LogP) is 4.75. The molecule has 3 aromatic rings. The van der Waals surface area contributed by atoms with Crippen LogP contribution in [0, 0.1) is 0 Å². The van der Waals surface area contributed by atoms with Crippen molar-refractivity contribution in [1.29, 1.82) is 0 Å². The molecule has 1 fully saturated rings. The zero-order chi connectivity index (χ0) is 27.7. The van der Waals surface area contributed by atoms with Crippen molar-refractivity contribution < 1.29 is 32.5 Å². The van der Waals surface area contributed by atoms with Gasteiger partial charge in [-0.2, -0.15) is 13.2 Å². The zero-order valence-corrected chi connectivity index (χ0v) is 21.9. The van der Waals surface area contributed by atoms with Crippen LogP contribution in [-0.4, -0.2) is 56.3 Å². The van der Waals surface area contributed by atoms with Gasteiger partial charge in [-0.05, 0) is 61.2 Å². The largest absolute Gasteiger partial charge is 0.497 e. The number of methoxy groups -OCH3 is 2. The first-order chi connectivity index (χ1) is 18.7.